The van der Waals surface area contributed by atoms with Crippen LogP contribution in [0.5, 0.6) is 0 Å². The number of thiazole rings is 8. The molecule has 9 heterocycles. The van der Waals surface area contributed by atoms with E-state index < -0.39 is 70.8 Å². The molecule has 0 aliphatic heterocycles. The monoisotopic (exact) mass is 2320 g/mol. The standard InChI is InChI=1S/C20H24F6N6S.C14H23F4N5.C7H7F2NO2S.C7H7NO3S.C6H7BrN2O2S.C6H6BrNO2S.C6H8N2O2S.C5H4BrNOS.C4H2BrNO2S.C2H6/c1-18(21,22)13-10-33-15(29-13)14-30-16(27-11-2-6-19(23,24)7-3-11)32-17(31-14)28-12-4-8-20(25,26)9-5-12;15-13(16)5-1-9(2-6-13)21-11(19)23-12(20)22-10-3-7-14(17,18)8-4-10;1-7(8,9)4-3-13-5(10-4)6(11)12-2;1-4(9)5-3-12-6(8-5)7(10)11-2;1-9(11-2)5(10)4-3-12-6(7)8-4;2*1-2-10-5(9)4-3-11-6(7)8-4;1-3(8)4-2-9-5(6)7-4;5-4-6-2(1-9-4)3(7)8;1-2/h10-12H,2-9H2,1H3,(H2,27,28,30,31,32);9-10H,1-8H2,(H5,19,20,21,22,23);3H,1-2H3;2*3H,1-2H3;3H,2H2,1H3;3H,2H2,1H3,(H2,7,8);2H,1H3;1H,(H,7,8);1-2H3. The molecule has 0 spiro atoms. The maximum Gasteiger partial charge on any atom is 0.367 e. The van der Waals surface area contributed by atoms with Crippen molar-refractivity contribution in [1.82, 2.24) is 65.2 Å². The molecule has 58 heteroatoms. The average molecular weight is 2330 g/mol. The van der Waals surface area contributed by atoms with Crippen LogP contribution in [0.4, 0.5) is 69.7 Å². The number of halogens is 16. The Kier molecular flexibility index (Phi) is 50.2. The molecule has 9 aromatic rings. The number of hydrogen-bond donors (Lipinski definition) is 7. The molecular weight excluding hydrogens is 2230 g/mol. The Bertz CT molecular complexity index is 5120. The summed E-state index contributed by atoms with van der Waals surface area (Å²) in [5.74, 6) is -19.9. The molecule has 4 aliphatic rings. The molecule has 0 saturated heterocycles. The van der Waals surface area contributed by atoms with Crippen LogP contribution in [0.15, 0.2) is 68.7 Å². The Morgan fingerprint density at radius 3 is 1.11 bits per heavy atom. The lowest BCUT2D eigenvalue weighted by atomic mass is 9.92. The zero-order valence-corrected chi connectivity index (χ0v) is 86.6. The lowest BCUT2D eigenvalue weighted by Gasteiger charge is -2.29. The number of carboxylic acid groups (broad SMARTS) is 1. The van der Waals surface area contributed by atoms with E-state index in [4.69, 9.17) is 36.6 Å². The van der Waals surface area contributed by atoms with E-state index in [9.17, 15) is 91.0 Å². The number of nitrogens with two attached hydrogens (primary N) is 3. The van der Waals surface area contributed by atoms with Crippen molar-refractivity contribution >= 4 is 231 Å². The summed E-state index contributed by atoms with van der Waals surface area (Å²) in [5, 5.41) is 30.8. The molecule has 0 unspecified atom stereocenters. The summed E-state index contributed by atoms with van der Waals surface area (Å²) < 4.78 is 180. The van der Waals surface area contributed by atoms with Crippen molar-refractivity contribution in [3.8, 4) is 10.8 Å². The van der Waals surface area contributed by atoms with Gasteiger partial charge in [0.1, 0.15) is 28.5 Å². The van der Waals surface area contributed by atoms with Gasteiger partial charge in [-0.05, 0) is 129 Å². The minimum atomic E-state index is -3.13. The quantitative estimate of drug-likeness (QED) is 0.00708. The summed E-state index contributed by atoms with van der Waals surface area (Å²) in [6.45, 7) is 12.6. The molecule has 1 amide bonds. The van der Waals surface area contributed by atoms with Crippen molar-refractivity contribution in [2.75, 3.05) is 58.0 Å². The molecule has 34 nitrogen and oxygen atoms in total. The van der Waals surface area contributed by atoms with Crippen LogP contribution in [0.3, 0.4) is 0 Å². The smallest absolute Gasteiger partial charge is 0.367 e. The van der Waals surface area contributed by atoms with Crippen LogP contribution >= 0.6 is 154 Å². The number of esters is 4. The summed E-state index contributed by atoms with van der Waals surface area (Å²) in [4.78, 5) is 142. The number of hydrogen-bond acceptors (Lipinski definition) is 37. The number of nitrogens with one attached hydrogen (secondary N) is 3. The summed E-state index contributed by atoms with van der Waals surface area (Å²) >= 11 is 22.0. The summed E-state index contributed by atoms with van der Waals surface area (Å²) in [7, 11) is 5.42. The van der Waals surface area contributed by atoms with Gasteiger partial charge in [-0.15, -0.1) is 90.7 Å². The van der Waals surface area contributed by atoms with Gasteiger partial charge >= 0.3 is 29.8 Å². The van der Waals surface area contributed by atoms with E-state index in [0.29, 0.717) is 52.9 Å². The predicted molar refractivity (Wildman–Crippen MR) is 505 cm³/mol. The molecule has 13 rings (SSSR count). The number of alkyl halides is 12. The number of Topliss-reactive ketones (excluding diaryl/α,β-unsaturated/α-hetero) is 2. The van der Waals surface area contributed by atoms with E-state index in [1.165, 1.54) is 115 Å². The maximum absolute atomic E-state index is 13.6. The second-order valence-electron chi connectivity index (χ2n) is 27.9. The number of anilines is 3. The van der Waals surface area contributed by atoms with Crippen molar-refractivity contribution in [2.24, 2.45) is 21.5 Å². The SMILES string of the molecule is CC.CC(=O)c1csc(Br)n1.CC(F)(F)c1csc(-c2nc(NC3CCC(F)(F)CC3)nc(NC3CCC(F)(F)CC3)n2)n1.CCOC(=O)c1csc(Br)n1.CCOC(=O)c1csc(N)n1.COC(=O)c1nc(C(C)(F)F)cs1.COC(=O)c1nc(C(C)=O)cs1.CON(C)C(=O)c1csc(Br)n1.NC(=NC1CCC(F)(F)CC1)NC(N)=NC1CCC(F)(F)CC1.O=C(O)c1csc(Br)n1. The van der Waals surface area contributed by atoms with Gasteiger partial charge in [0.25, 0.3) is 17.8 Å². The Hall–Kier alpha value is -8.61. The third-order valence-corrected chi connectivity index (χ3v) is 26.1. The number of hydroxylamine groups is 2. The number of carboxylic acids is 1. The van der Waals surface area contributed by atoms with Gasteiger partial charge in [0, 0.05) is 141 Å². The number of amides is 1. The van der Waals surface area contributed by atoms with Crippen molar-refractivity contribution in [3.63, 3.8) is 0 Å². The molecule has 4 fully saturated rings. The topological polar surface area (TPSA) is 487 Å². The zero-order valence-electron chi connectivity index (χ0n) is 73.7. The van der Waals surface area contributed by atoms with Gasteiger partial charge in [0.05, 0.1) is 46.6 Å². The van der Waals surface area contributed by atoms with E-state index in [1.54, 1.807) is 35.4 Å². The minimum Gasteiger partial charge on any atom is -0.476 e. The second-order valence-corrected chi connectivity index (χ2v) is 39.9. The van der Waals surface area contributed by atoms with Gasteiger partial charge in [-0.2, -0.15) is 32.5 Å². The van der Waals surface area contributed by atoms with Crippen LogP contribution in [0.1, 0.15) is 252 Å². The highest BCUT2D eigenvalue weighted by molar-refractivity contribution is 9.11. The van der Waals surface area contributed by atoms with Crippen LogP contribution in [-0.2, 0) is 35.6 Å². The zero-order chi connectivity index (χ0) is 102. The predicted octanol–water partition coefficient (Wildman–Crippen LogP) is 20.9. The van der Waals surface area contributed by atoms with E-state index >= 15 is 0 Å². The van der Waals surface area contributed by atoms with E-state index in [1.807, 2.05) is 13.8 Å². The van der Waals surface area contributed by atoms with Gasteiger partial charge in [-0.1, -0.05) is 13.8 Å². The number of ketones is 2. The molecule has 0 atom stereocenters. The summed E-state index contributed by atoms with van der Waals surface area (Å²) in [5.41, 5.74) is 17.8. The van der Waals surface area contributed by atoms with Crippen molar-refractivity contribution < 1.29 is 120 Å². The first-order chi connectivity index (χ1) is 63.1. The number of aromatic carboxylic acids is 1. The third kappa shape index (κ3) is 44.4. The van der Waals surface area contributed by atoms with Gasteiger partial charge in [-0.3, -0.25) is 24.5 Å². The fraction of sp³-hybridized carbons (Fsp3) is 0.519. The third-order valence-electron chi connectivity index (χ3n) is 17.4. The van der Waals surface area contributed by atoms with Gasteiger partial charge < -0.3 is 51.9 Å². The van der Waals surface area contributed by atoms with Crippen LogP contribution in [0.2, 0.25) is 0 Å². The lowest BCUT2D eigenvalue weighted by Crippen LogP contribution is -2.43. The van der Waals surface area contributed by atoms with Gasteiger partial charge in [-0.25, -0.2) is 114 Å². The highest BCUT2D eigenvalue weighted by Crippen LogP contribution is 2.40. The van der Waals surface area contributed by atoms with Crippen molar-refractivity contribution in [3.05, 3.63) is 114 Å². The molecule has 4 saturated carbocycles. The number of methoxy groups -OCH3 is 2. The number of nitrogens with zero attached hydrogens (tertiary/aromatic N) is 14. The number of ether oxygens (including phenoxy) is 4. The molecule has 0 radical (unpaired) electrons. The maximum atomic E-state index is 13.6. The Morgan fingerprint density at radius 2 is 0.800 bits per heavy atom. The first kappa shape index (κ1) is 119. The second kappa shape index (κ2) is 57.1. The number of carbonyl (C=O) groups excluding carboxylic acids is 7. The molecule has 9 aromatic heterocycles. The number of nitrogen functional groups attached to an aromatic ring is 1. The number of guanidine groups is 2. The molecule has 0 aromatic carbocycles. The number of aliphatic imine (C=N–C) groups is 2. The number of rotatable bonds is 20. The van der Waals surface area contributed by atoms with E-state index in [-0.39, 0.29) is 206 Å². The van der Waals surface area contributed by atoms with Crippen LogP contribution < -0.4 is 33.2 Å². The van der Waals surface area contributed by atoms with E-state index in [2.05, 4.69) is 154 Å². The average Bonchev–Trinajstić information content (AvgIpc) is 1.68. The number of aromatic nitrogens is 11. The lowest BCUT2D eigenvalue weighted by molar-refractivity contribution is -0.0760. The minimum absolute atomic E-state index is 0.0111. The fourth-order valence-corrected chi connectivity index (χ4v) is 17.5. The molecule has 0 bridgehead atoms. The van der Waals surface area contributed by atoms with Crippen molar-refractivity contribution in [2.45, 2.75) is 218 Å². The first-order valence-electron chi connectivity index (χ1n) is 39.8. The Morgan fingerprint density at radius 1 is 0.467 bits per heavy atom. The van der Waals surface area contributed by atoms with E-state index in [0.717, 1.165) is 62.2 Å². The normalized spacial score (nSPS) is 15.6. The molecular formula is C77H94Br4F12N20O14S8. The Labute approximate surface area is 831 Å². The molecule has 746 valence electrons. The molecule has 10 N–H and O–H groups in total. The number of carbonyl (C=O) groups is 8. The van der Waals surface area contributed by atoms with Crippen LogP contribution in [-0.4, -0.2) is 214 Å². The largest absolute Gasteiger partial charge is 0.476 e. The first-order valence-corrected chi connectivity index (χ1v) is 50.0. The van der Waals surface area contributed by atoms with Gasteiger partial charge in [0.2, 0.25) is 45.6 Å². The summed E-state index contributed by atoms with van der Waals surface area (Å²) in [6, 6.07) is -1.09. The summed E-state index contributed by atoms with van der Waals surface area (Å²) in [6.07, 6.45) is 0.118. The van der Waals surface area contributed by atoms with Crippen molar-refractivity contribution in [1.29, 1.82) is 0 Å². The Balaban J connectivity index is 0.000000330. The van der Waals surface area contributed by atoms with Gasteiger partial charge in [0.15, 0.2) is 72.2 Å². The molecule has 4 aliphatic carbocycles. The highest BCUT2D eigenvalue weighted by Gasteiger charge is 2.40. The fourth-order valence-electron chi connectivity index (χ4n) is 10.6. The van der Waals surface area contributed by atoms with Crippen LogP contribution in [0, 0.1) is 0 Å². The molecule has 135 heavy (non-hydrogen) atoms. The highest BCUT2D eigenvalue weighted by atomic mass is 79.9. The van der Waals surface area contributed by atoms with Crippen LogP contribution in [0.25, 0.3) is 10.8 Å².